The maximum absolute atomic E-state index is 7.83. The molecule has 7 nitrogen and oxygen atoms in total. The van der Waals surface area contributed by atoms with Crippen molar-refractivity contribution < 1.29 is 25.3 Å². The van der Waals surface area contributed by atoms with E-state index in [2.05, 4.69) is 196 Å². The molecular formula is C6H12MoN6OS13. The Morgan fingerprint density at radius 1 is 0.407 bits per heavy atom. The molecule has 0 aromatic rings. The second-order valence-electron chi connectivity index (χ2n) is 1.91. The fourth-order valence-corrected chi connectivity index (χ4v) is 0. The summed E-state index contributed by atoms with van der Waals surface area (Å²) in [5, 5.41) is 0. The standard InChI is InChI=1S/6CH3NS2.Mo.OS/c6*2-1(3)4;;1-2/h6*(H3,2,3,4);;/q;;;;;;+6;/p-6. The number of hydrogen-bond donors (Lipinski definition) is 6. The second-order valence-corrected chi connectivity index (χ2v) is 8.74. The number of hydrogen-bond acceptors (Lipinski definition) is 14. The Labute approximate surface area is 244 Å². The fourth-order valence-electron chi connectivity index (χ4n) is 0. The van der Waals surface area contributed by atoms with Crippen molar-refractivity contribution in [2.24, 2.45) is 34.4 Å². The average Bonchev–Trinajstić information content (AvgIpc) is 2.25. The normalized spacial score (nSPS) is 5.48. The topological polar surface area (TPSA) is 173 Å². The van der Waals surface area contributed by atoms with E-state index in [1.807, 2.05) is 0 Å². The van der Waals surface area contributed by atoms with E-state index in [0.717, 1.165) is 0 Å². The van der Waals surface area contributed by atoms with E-state index >= 15 is 0 Å². The molecule has 12 N–H and O–H groups in total. The molecule has 21 heteroatoms. The average molecular weight is 697 g/mol. The molecule has 0 aliphatic carbocycles. The van der Waals surface area contributed by atoms with Crippen molar-refractivity contribution >= 4 is 188 Å². The summed E-state index contributed by atoms with van der Waals surface area (Å²) in [5.41, 5.74) is 27.9. The molecule has 0 saturated carbocycles. The van der Waals surface area contributed by atoms with Gasteiger partial charge in [-0.2, -0.15) is 4.21 Å². The van der Waals surface area contributed by atoms with E-state index < -0.39 is 0 Å². The van der Waals surface area contributed by atoms with Crippen LogP contribution in [0.3, 0.4) is 0 Å². The van der Waals surface area contributed by atoms with Crippen LogP contribution in [-0.2, 0) is 109 Å². The van der Waals surface area contributed by atoms with Gasteiger partial charge in [0.25, 0.3) is 0 Å². The zero-order valence-corrected chi connectivity index (χ0v) is 25.2. The summed E-state index contributed by atoms with van der Waals surface area (Å²) < 4.78 is 8.33. The third-order valence-corrected chi connectivity index (χ3v) is 0. The van der Waals surface area contributed by atoms with Crippen LogP contribution >= 0.6 is 73.3 Å². The van der Waals surface area contributed by atoms with Gasteiger partial charge >= 0.3 is 21.1 Å². The van der Waals surface area contributed by atoms with E-state index in [9.17, 15) is 0 Å². The van der Waals surface area contributed by atoms with Gasteiger partial charge in [-0.3, -0.25) is 0 Å². The summed E-state index contributed by atoms with van der Waals surface area (Å²) in [5.74, 6) is 0. The van der Waals surface area contributed by atoms with E-state index in [0.29, 0.717) is 0 Å². The van der Waals surface area contributed by atoms with Gasteiger partial charge in [0, 0.05) is 0 Å². The quantitative estimate of drug-likeness (QED) is 0.0963. The Kier molecular flexibility index (Phi) is 96.2. The molecule has 0 radical (unpaired) electrons. The van der Waals surface area contributed by atoms with Crippen molar-refractivity contribution in [2.75, 3.05) is 0 Å². The summed E-state index contributed by atoms with van der Waals surface area (Å²) in [6.07, 6.45) is 0. The molecule has 0 aliphatic rings. The van der Waals surface area contributed by atoms with Crippen LogP contribution in [0.5, 0.6) is 0 Å². The third-order valence-electron chi connectivity index (χ3n) is 0. The van der Waals surface area contributed by atoms with Gasteiger partial charge in [-0.1, -0.05) is 25.9 Å². The fraction of sp³-hybridized carbons (Fsp3) is 0. The Bertz CT molecular complexity index is 294. The van der Waals surface area contributed by atoms with Crippen LogP contribution in [0.15, 0.2) is 0 Å². The predicted octanol–water partition coefficient (Wildman–Crippen LogP) is -1.68. The van der Waals surface area contributed by atoms with Crippen molar-refractivity contribution in [1.82, 2.24) is 0 Å². The van der Waals surface area contributed by atoms with Crippen LogP contribution in [0, 0.1) is 0 Å². The molecule has 0 spiro atoms. The van der Waals surface area contributed by atoms with E-state index in [1.165, 1.54) is 0 Å². The molecule has 0 aromatic heterocycles. The minimum absolute atomic E-state index is 0. The van der Waals surface area contributed by atoms with E-state index in [-0.39, 0.29) is 47.0 Å². The first-order chi connectivity index (χ1) is 11.4. The van der Waals surface area contributed by atoms with Gasteiger partial charge in [0.15, 0.2) is 12.5 Å². The van der Waals surface area contributed by atoms with Crippen LogP contribution < -0.4 is 34.4 Å². The van der Waals surface area contributed by atoms with Gasteiger partial charge in [0.05, 0.1) is 0 Å². The molecule has 0 unspecified atom stereocenters. The summed E-state index contributed by atoms with van der Waals surface area (Å²) in [7, 11) is 0. The van der Waals surface area contributed by atoms with Gasteiger partial charge in [0.1, 0.15) is 0 Å². The number of thiocarbonyl (C=S) groups is 6. The minimum atomic E-state index is 0. The third kappa shape index (κ3) is 9410. The molecule has 0 rings (SSSR count). The molecule has 0 bridgehead atoms. The van der Waals surface area contributed by atoms with Gasteiger partial charge in [-0.05, 0) is 0 Å². The van der Waals surface area contributed by atoms with Crippen LogP contribution in [0.25, 0.3) is 0 Å². The SMILES string of the molecule is NC(=S)[S-].NC(=S)[S-].NC(=S)[S-].NC(=S)[S-].NC(=S)[S-].NC(=S)[S-].O=S.[Mo+6]. The molecule has 0 amide bonds. The Hall–Kier alpha value is 1.37. The minimum Gasteiger partial charge on any atom is -0.415 e. The van der Waals surface area contributed by atoms with Crippen LogP contribution in [0.1, 0.15) is 0 Å². The number of nitrogens with two attached hydrogens (primary N) is 6. The summed E-state index contributed by atoms with van der Waals surface area (Å²) >= 11 is 52.4. The van der Waals surface area contributed by atoms with Crippen molar-refractivity contribution in [3.63, 3.8) is 0 Å². The van der Waals surface area contributed by atoms with Gasteiger partial charge in [-0.15, -0.1) is 0 Å². The van der Waals surface area contributed by atoms with Crippen molar-refractivity contribution in [1.29, 1.82) is 0 Å². The van der Waals surface area contributed by atoms with Crippen LogP contribution in [0.2, 0.25) is 0 Å². The summed E-state index contributed by atoms with van der Waals surface area (Å²) in [6.45, 7) is 0. The first-order valence-corrected chi connectivity index (χ1v) is 9.58. The van der Waals surface area contributed by atoms with Crippen LogP contribution in [0.4, 0.5) is 0 Å². The molecule has 0 aliphatic heterocycles. The Morgan fingerprint density at radius 3 is 0.407 bits per heavy atom. The van der Waals surface area contributed by atoms with Crippen LogP contribution in [-0.4, -0.2) is 30.1 Å². The molecule has 27 heavy (non-hydrogen) atoms. The molecule has 0 fully saturated rings. The second kappa shape index (κ2) is 50.7. The van der Waals surface area contributed by atoms with Crippen molar-refractivity contribution in [3.8, 4) is 0 Å². The predicted molar refractivity (Wildman–Crippen MR) is 153 cm³/mol. The van der Waals surface area contributed by atoms with E-state index in [1.54, 1.807) is 0 Å². The van der Waals surface area contributed by atoms with Gasteiger partial charge < -0.3 is 183 Å². The summed E-state index contributed by atoms with van der Waals surface area (Å²) in [6, 6.07) is 0. The first kappa shape index (κ1) is 51.2. The zero-order chi connectivity index (χ0) is 23.5. The smallest absolute Gasteiger partial charge is 0.415 e. The Balaban J connectivity index is -0.0000000260. The monoisotopic (exact) mass is 698 g/mol. The largest absolute Gasteiger partial charge is 6.00 e. The molecule has 0 saturated heterocycles. The van der Waals surface area contributed by atoms with E-state index in [4.69, 9.17) is 4.21 Å². The molecule has 156 valence electrons. The maximum Gasteiger partial charge on any atom is 6.00 e. The van der Waals surface area contributed by atoms with Gasteiger partial charge in [0.2, 0.25) is 0 Å². The van der Waals surface area contributed by atoms with Crippen molar-refractivity contribution in [2.45, 2.75) is 0 Å². The molecule has 0 aromatic carbocycles. The maximum atomic E-state index is 7.83. The summed E-state index contributed by atoms with van der Waals surface area (Å²) in [4.78, 5) is 0. The molecule has 0 heterocycles. The Morgan fingerprint density at radius 2 is 0.407 bits per heavy atom. The zero-order valence-electron chi connectivity index (χ0n) is 12.6. The first-order valence-electron chi connectivity index (χ1n) is 4.35. The van der Waals surface area contributed by atoms with Crippen molar-refractivity contribution in [3.05, 3.63) is 0 Å². The van der Waals surface area contributed by atoms with Gasteiger partial charge in [-0.25, -0.2) is 0 Å². The molecular weight excluding hydrogens is 685 g/mol. The molecule has 0 atom stereocenters. The number of rotatable bonds is 0.